The van der Waals surface area contributed by atoms with Gasteiger partial charge in [0, 0.05) is 11.4 Å². The van der Waals surface area contributed by atoms with Crippen LogP contribution in [0.3, 0.4) is 0 Å². The van der Waals surface area contributed by atoms with Gasteiger partial charge in [-0.3, -0.25) is 5.10 Å². The topological polar surface area (TPSA) is 63.9 Å². The zero-order valence-corrected chi connectivity index (χ0v) is 11.6. The monoisotopic (exact) mass is 309 g/mol. The van der Waals surface area contributed by atoms with Gasteiger partial charge in [-0.05, 0) is 53.7 Å². The second kappa shape index (κ2) is 4.90. The molecule has 0 unspecified atom stereocenters. The molecule has 5 heteroatoms. The molecule has 2 atom stereocenters. The lowest BCUT2D eigenvalue weighted by Gasteiger charge is -2.27. The van der Waals surface area contributed by atoms with Gasteiger partial charge in [-0.1, -0.05) is 0 Å². The molecule has 96 valence electrons. The maximum absolute atomic E-state index is 6.07. The van der Waals surface area contributed by atoms with Crippen molar-refractivity contribution in [3.8, 4) is 5.75 Å². The molecule has 3 N–H and O–H groups in total. The minimum Gasteiger partial charge on any atom is -0.489 e. The zero-order valence-electron chi connectivity index (χ0n) is 10.0. The van der Waals surface area contributed by atoms with Gasteiger partial charge in [0.15, 0.2) is 0 Å². The number of aromatic nitrogens is 2. The second-order valence-electron chi connectivity index (χ2n) is 4.88. The highest BCUT2D eigenvalue weighted by molar-refractivity contribution is 9.10. The normalized spacial score (nSPS) is 24.3. The third kappa shape index (κ3) is 2.24. The van der Waals surface area contributed by atoms with Crippen LogP contribution < -0.4 is 10.5 Å². The lowest BCUT2D eigenvalue weighted by molar-refractivity contribution is 0.144. The average molecular weight is 310 g/mol. The molecule has 1 aliphatic carbocycles. The number of fused-ring (bicyclic) bond motifs is 1. The first-order valence-corrected chi connectivity index (χ1v) is 7.07. The minimum atomic E-state index is 0.231. The zero-order chi connectivity index (χ0) is 12.5. The number of ether oxygens (including phenoxy) is 1. The number of halogens is 1. The highest BCUT2D eigenvalue weighted by Crippen LogP contribution is 2.34. The van der Waals surface area contributed by atoms with Gasteiger partial charge >= 0.3 is 0 Å². The van der Waals surface area contributed by atoms with E-state index in [0.29, 0.717) is 0 Å². The Kier molecular flexibility index (Phi) is 3.26. The number of rotatable bonds is 2. The summed E-state index contributed by atoms with van der Waals surface area (Å²) in [7, 11) is 0. The molecule has 0 bridgehead atoms. The molecule has 1 aromatic heterocycles. The summed E-state index contributed by atoms with van der Waals surface area (Å²) in [5.74, 6) is 0.878. The molecule has 4 nitrogen and oxygen atoms in total. The molecule has 2 aromatic rings. The summed E-state index contributed by atoms with van der Waals surface area (Å²) < 4.78 is 7.03. The summed E-state index contributed by atoms with van der Waals surface area (Å²) in [5, 5.41) is 8.02. The van der Waals surface area contributed by atoms with Gasteiger partial charge in [-0.2, -0.15) is 5.10 Å². The maximum Gasteiger partial charge on any atom is 0.134 e. The number of aromatic amines is 1. The summed E-state index contributed by atoms with van der Waals surface area (Å²) in [6.45, 7) is 0. The van der Waals surface area contributed by atoms with E-state index in [-0.39, 0.29) is 12.1 Å². The Hall–Kier alpha value is -1.07. The van der Waals surface area contributed by atoms with E-state index in [4.69, 9.17) is 10.5 Å². The van der Waals surface area contributed by atoms with Gasteiger partial charge in [0.2, 0.25) is 0 Å². The molecule has 1 aliphatic rings. The number of hydrogen-bond acceptors (Lipinski definition) is 3. The Morgan fingerprint density at radius 3 is 3.11 bits per heavy atom. The van der Waals surface area contributed by atoms with Gasteiger partial charge in [0.05, 0.1) is 16.2 Å². The molecule has 1 fully saturated rings. The SMILES string of the molecule is N[C@H]1CCC[C@@H](Oc2ccc3[nH]ncc3c2Br)C1. The number of nitrogens with zero attached hydrogens (tertiary/aromatic N) is 1. The van der Waals surface area contributed by atoms with Crippen molar-refractivity contribution in [3.05, 3.63) is 22.8 Å². The largest absolute Gasteiger partial charge is 0.489 e. The standard InChI is InChI=1S/C13H16BrN3O/c14-13-10-7-16-17-11(10)4-5-12(13)18-9-3-1-2-8(15)6-9/h4-5,7-9H,1-3,6,15H2,(H,16,17)/t8-,9+/m0/s1. The minimum absolute atomic E-state index is 0.231. The summed E-state index contributed by atoms with van der Waals surface area (Å²) in [4.78, 5) is 0. The predicted octanol–water partition coefficient (Wildman–Crippen LogP) is 2.97. The van der Waals surface area contributed by atoms with Crippen LogP contribution in [0.25, 0.3) is 10.9 Å². The Morgan fingerprint density at radius 1 is 1.39 bits per heavy atom. The molecular formula is C13H16BrN3O. The third-order valence-electron chi connectivity index (χ3n) is 3.48. The Bertz CT molecular complexity index is 554. The van der Waals surface area contributed by atoms with Crippen LogP contribution in [-0.4, -0.2) is 22.3 Å². The first-order chi connectivity index (χ1) is 8.74. The van der Waals surface area contributed by atoms with E-state index in [1.54, 1.807) is 6.20 Å². The van der Waals surface area contributed by atoms with Gasteiger partial charge in [-0.15, -0.1) is 0 Å². The lowest BCUT2D eigenvalue weighted by Crippen LogP contribution is -2.33. The fourth-order valence-corrected chi connectivity index (χ4v) is 3.06. The fourth-order valence-electron chi connectivity index (χ4n) is 2.52. The Morgan fingerprint density at radius 2 is 2.28 bits per heavy atom. The van der Waals surface area contributed by atoms with Gasteiger partial charge in [0.25, 0.3) is 0 Å². The molecule has 3 rings (SSSR count). The number of nitrogens with one attached hydrogen (secondary N) is 1. The summed E-state index contributed by atoms with van der Waals surface area (Å²) >= 11 is 3.59. The second-order valence-corrected chi connectivity index (χ2v) is 5.67. The molecule has 18 heavy (non-hydrogen) atoms. The summed E-state index contributed by atoms with van der Waals surface area (Å²) in [6, 6.07) is 4.25. The summed E-state index contributed by atoms with van der Waals surface area (Å²) in [5.41, 5.74) is 6.99. The van der Waals surface area contributed by atoms with Gasteiger partial charge in [0.1, 0.15) is 11.9 Å². The van der Waals surface area contributed by atoms with E-state index < -0.39 is 0 Å². The van der Waals surface area contributed by atoms with Crippen LogP contribution in [0.15, 0.2) is 22.8 Å². The van der Waals surface area contributed by atoms with Crippen LogP contribution in [0.1, 0.15) is 25.7 Å². The van der Waals surface area contributed by atoms with Crippen molar-refractivity contribution in [1.82, 2.24) is 10.2 Å². The predicted molar refractivity (Wildman–Crippen MR) is 74.7 cm³/mol. The number of nitrogens with two attached hydrogens (primary N) is 1. The highest BCUT2D eigenvalue weighted by Gasteiger charge is 2.21. The van der Waals surface area contributed by atoms with Crippen molar-refractivity contribution >= 4 is 26.8 Å². The quantitative estimate of drug-likeness (QED) is 0.896. The molecule has 0 radical (unpaired) electrons. The van der Waals surface area contributed by atoms with Crippen LogP contribution in [0.5, 0.6) is 5.75 Å². The molecule has 0 aliphatic heterocycles. The molecule has 0 spiro atoms. The van der Waals surface area contributed by atoms with Crippen LogP contribution in [-0.2, 0) is 0 Å². The number of hydrogen-bond donors (Lipinski definition) is 2. The van der Waals surface area contributed by atoms with E-state index in [2.05, 4.69) is 26.1 Å². The van der Waals surface area contributed by atoms with E-state index >= 15 is 0 Å². The van der Waals surface area contributed by atoms with Crippen molar-refractivity contribution in [3.63, 3.8) is 0 Å². The van der Waals surface area contributed by atoms with E-state index in [0.717, 1.165) is 46.8 Å². The summed E-state index contributed by atoms with van der Waals surface area (Å²) in [6.07, 6.45) is 6.33. The maximum atomic E-state index is 6.07. The van der Waals surface area contributed by atoms with Crippen LogP contribution in [0.2, 0.25) is 0 Å². The molecule has 1 aromatic carbocycles. The van der Waals surface area contributed by atoms with Crippen molar-refractivity contribution in [2.45, 2.75) is 37.8 Å². The molecule has 0 amide bonds. The van der Waals surface area contributed by atoms with Crippen LogP contribution in [0.4, 0.5) is 0 Å². The average Bonchev–Trinajstić information content (AvgIpc) is 2.82. The number of H-pyrrole nitrogens is 1. The van der Waals surface area contributed by atoms with Crippen LogP contribution >= 0.6 is 15.9 Å². The third-order valence-corrected chi connectivity index (χ3v) is 4.30. The molecular weight excluding hydrogens is 294 g/mol. The van der Waals surface area contributed by atoms with Crippen LogP contribution in [0, 0.1) is 0 Å². The first-order valence-electron chi connectivity index (χ1n) is 6.28. The molecule has 0 saturated heterocycles. The van der Waals surface area contributed by atoms with Crippen molar-refractivity contribution in [1.29, 1.82) is 0 Å². The van der Waals surface area contributed by atoms with E-state index in [1.807, 2.05) is 12.1 Å². The fraction of sp³-hybridized carbons (Fsp3) is 0.462. The van der Waals surface area contributed by atoms with Crippen molar-refractivity contribution in [2.24, 2.45) is 5.73 Å². The lowest BCUT2D eigenvalue weighted by atomic mass is 9.93. The Balaban J connectivity index is 1.83. The smallest absolute Gasteiger partial charge is 0.134 e. The highest BCUT2D eigenvalue weighted by atomic mass is 79.9. The van der Waals surface area contributed by atoms with Gasteiger partial charge in [-0.25, -0.2) is 0 Å². The van der Waals surface area contributed by atoms with Crippen molar-refractivity contribution < 1.29 is 4.74 Å². The van der Waals surface area contributed by atoms with Crippen molar-refractivity contribution in [2.75, 3.05) is 0 Å². The first kappa shape index (κ1) is 12.0. The number of benzene rings is 1. The molecule has 1 saturated carbocycles. The van der Waals surface area contributed by atoms with E-state index in [9.17, 15) is 0 Å². The van der Waals surface area contributed by atoms with E-state index in [1.165, 1.54) is 0 Å². The molecule has 1 heterocycles. The Labute approximate surface area is 114 Å². The van der Waals surface area contributed by atoms with Gasteiger partial charge < -0.3 is 10.5 Å².